The fourth-order valence-corrected chi connectivity index (χ4v) is 1.01. The number of nitrogens with one attached hydrogen (secondary N) is 1. The van der Waals surface area contributed by atoms with Crippen LogP contribution in [-0.2, 0) is 6.54 Å². The van der Waals surface area contributed by atoms with Gasteiger partial charge in [0.05, 0.1) is 0 Å². The van der Waals surface area contributed by atoms with Gasteiger partial charge >= 0.3 is 0 Å². The van der Waals surface area contributed by atoms with Crippen molar-refractivity contribution < 1.29 is 0 Å². The minimum atomic E-state index is 0.568. The molecule has 0 aliphatic rings. The van der Waals surface area contributed by atoms with Crippen molar-refractivity contribution in [2.45, 2.75) is 20.4 Å². The highest BCUT2D eigenvalue weighted by Gasteiger charge is 1.96. The van der Waals surface area contributed by atoms with Gasteiger partial charge in [-0.05, 0) is 23.6 Å². The molecule has 0 atom stereocenters. The van der Waals surface area contributed by atoms with E-state index in [0.717, 1.165) is 17.9 Å². The summed E-state index contributed by atoms with van der Waals surface area (Å²) in [6.07, 6.45) is 1.78. The molecule has 13 heavy (non-hydrogen) atoms. The number of hydrogen-bond acceptors (Lipinski definition) is 3. The molecule has 0 spiro atoms. The Morgan fingerprint density at radius 2 is 2.31 bits per heavy atom. The van der Waals surface area contributed by atoms with Crippen LogP contribution in [0.25, 0.3) is 0 Å². The third-order valence-corrected chi connectivity index (χ3v) is 1.75. The first kappa shape index (κ1) is 9.99. The number of aromatic nitrogens is 1. The first-order chi connectivity index (χ1) is 6.22. The lowest BCUT2D eigenvalue weighted by atomic mass is 10.2. The Bertz CT molecular complexity index is 258. The highest BCUT2D eigenvalue weighted by atomic mass is 15.0. The van der Waals surface area contributed by atoms with Gasteiger partial charge in [-0.3, -0.25) is 0 Å². The molecule has 3 N–H and O–H groups in total. The first-order valence-electron chi connectivity index (χ1n) is 4.61. The Kier molecular flexibility index (Phi) is 3.71. The van der Waals surface area contributed by atoms with Gasteiger partial charge in [0.15, 0.2) is 0 Å². The van der Waals surface area contributed by atoms with Gasteiger partial charge in [-0.1, -0.05) is 13.8 Å². The van der Waals surface area contributed by atoms with Crippen molar-refractivity contribution in [3.63, 3.8) is 0 Å². The molecule has 0 amide bonds. The summed E-state index contributed by atoms with van der Waals surface area (Å²) < 4.78 is 0. The molecule has 0 aliphatic heterocycles. The molecule has 72 valence electrons. The number of anilines is 1. The van der Waals surface area contributed by atoms with Gasteiger partial charge in [-0.15, -0.1) is 0 Å². The summed E-state index contributed by atoms with van der Waals surface area (Å²) in [5.74, 6) is 1.54. The van der Waals surface area contributed by atoms with Crippen molar-refractivity contribution in [2.75, 3.05) is 11.9 Å². The van der Waals surface area contributed by atoms with E-state index >= 15 is 0 Å². The molecule has 3 nitrogen and oxygen atoms in total. The van der Waals surface area contributed by atoms with Gasteiger partial charge in [0.2, 0.25) is 0 Å². The lowest BCUT2D eigenvalue weighted by Crippen LogP contribution is -2.09. The lowest BCUT2D eigenvalue weighted by Gasteiger charge is -2.08. The largest absolute Gasteiger partial charge is 0.370 e. The van der Waals surface area contributed by atoms with E-state index in [0.29, 0.717) is 12.5 Å². The smallest absolute Gasteiger partial charge is 0.126 e. The van der Waals surface area contributed by atoms with Gasteiger partial charge in [0.1, 0.15) is 5.82 Å². The molecule has 0 fully saturated rings. The van der Waals surface area contributed by atoms with E-state index in [1.54, 1.807) is 6.20 Å². The van der Waals surface area contributed by atoms with Crippen LogP contribution in [0.3, 0.4) is 0 Å². The average Bonchev–Trinajstić information content (AvgIpc) is 2.15. The van der Waals surface area contributed by atoms with Crippen LogP contribution in [0.5, 0.6) is 0 Å². The molecule has 3 heteroatoms. The van der Waals surface area contributed by atoms with Crippen LogP contribution >= 0.6 is 0 Å². The van der Waals surface area contributed by atoms with Gasteiger partial charge in [-0.25, -0.2) is 4.98 Å². The minimum absolute atomic E-state index is 0.568. The van der Waals surface area contributed by atoms with Crippen molar-refractivity contribution in [2.24, 2.45) is 11.7 Å². The Morgan fingerprint density at radius 1 is 1.54 bits per heavy atom. The Hall–Kier alpha value is -1.09. The summed E-state index contributed by atoms with van der Waals surface area (Å²) in [5, 5.41) is 3.25. The number of pyridine rings is 1. The molecule has 0 radical (unpaired) electrons. The van der Waals surface area contributed by atoms with Crippen LogP contribution < -0.4 is 11.1 Å². The third-order valence-electron chi connectivity index (χ3n) is 1.75. The van der Waals surface area contributed by atoms with Gasteiger partial charge in [0, 0.05) is 19.3 Å². The maximum atomic E-state index is 5.52. The van der Waals surface area contributed by atoms with Gasteiger partial charge < -0.3 is 11.1 Å². The van der Waals surface area contributed by atoms with E-state index in [-0.39, 0.29) is 0 Å². The summed E-state index contributed by atoms with van der Waals surface area (Å²) in [7, 11) is 0. The fourth-order valence-electron chi connectivity index (χ4n) is 1.01. The SMILES string of the molecule is CC(C)CNc1cc(CN)ccn1. The van der Waals surface area contributed by atoms with Crippen LogP contribution in [0, 0.1) is 5.92 Å². The van der Waals surface area contributed by atoms with Crippen molar-refractivity contribution in [1.29, 1.82) is 0 Å². The highest BCUT2D eigenvalue weighted by molar-refractivity contribution is 5.37. The zero-order chi connectivity index (χ0) is 9.68. The predicted octanol–water partition coefficient (Wildman–Crippen LogP) is 1.61. The number of nitrogens with zero attached hydrogens (tertiary/aromatic N) is 1. The zero-order valence-corrected chi connectivity index (χ0v) is 8.25. The van der Waals surface area contributed by atoms with E-state index in [1.807, 2.05) is 12.1 Å². The molecule has 0 aromatic carbocycles. The van der Waals surface area contributed by atoms with E-state index < -0.39 is 0 Å². The van der Waals surface area contributed by atoms with E-state index in [1.165, 1.54) is 0 Å². The number of hydrogen-bond donors (Lipinski definition) is 2. The zero-order valence-electron chi connectivity index (χ0n) is 8.25. The summed E-state index contributed by atoms with van der Waals surface area (Å²) >= 11 is 0. The van der Waals surface area contributed by atoms with Crippen molar-refractivity contribution >= 4 is 5.82 Å². The summed E-state index contributed by atoms with van der Waals surface area (Å²) in [6, 6.07) is 3.92. The Labute approximate surface area is 79.4 Å². The van der Waals surface area contributed by atoms with Crippen LogP contribution in [0.1, 0.15) is 19.4 Å². The molecule has 0 unspecified atom stereocenters. The van der Waals surface area contributed by atoms with Crippen LogP contribution in [0.4, 0.5) is 5.82 Å². The van der Waals surface area contributed by atoms with Crippen LogP contribution in [0.2, 0.25) is 0 Å². The third kappa shape index (κ3) is 3.42. The standard InChI is InChI=1S/C10H17N3/c1-8(2)7-13-10-5-9(6-11)3-4-12-10/h3-5,8H,6-7,11H2,1-2H3,(H,12,13). The molecule has 1 aromatic heterocycles. The normalized spacial score (nSPS) is 10.5. The maximum Gasteiger partial charge on any atom is 0.126 e. The number of nitrogens with two attached hydrogens (primary N) is 1. The van der Waals surface area contributed by atoms with Crippen molar-refractivity contribution in [3.8, 4) is 0 Å². The lowest BCUT2D eigenvalue weighted by molar-refractivity contribution is 0.687. The average molecular weight is 179 g/mol. The van der Waals surface area contributed by atoms with Crippen LogP contribution in [0.15, 0.2) is 18.3 Å². The Morgan fingerprint density at radius 3 is 2.92 bits per heavy atom. The first-order valence-corrected chi connectivity index (χ1v) is 4.61. The molecule has 0 bridgehead atoms. The second-order valence-electron chi connectivity index (χ2n) is 3.53. The fraction of sp³-hybridized carbons (Fsp3) is 0.500. The van der Waals surface area contributed by atoms with Crippen LogP contribution in [-0.4, -0.2) is 11.5 Å². The predicted molar refractivity (Wildman–Crippen MR) is 55.5 cm³/mol. The monoisotopic (exact) mass is 179 g/mol. The molecular formula is C10H17N3. The Balaban J connectivity index is 2.56. The quantitative estimate of drug-likeness (QED) is 0.738. The maximum absolute atomic E-state index is 5.52. The molecule has 1 heterocycles. The molecular weight excluding hydrogens is 162 g/mol. The summed E-state index contributed by atoms with van der Waals surface area (Å²) in [4.78, 5) is 4.19. The van der Waals surface area contributed by atoms with E-state index in [2.05, 4.69) is 24.1 Å². The van der Waals surface area contributed by atoms with Gasteiger partial charge in [-0.2, -0.15) is 0 Å². The molecule has 0 aliphatic carbocycles. The molecule has 0 saturated heterocycles. The minimum Gasteiger partial charge on any atom is -0.370 e. The van der Waals surface area contributed by atoms with Crippen molar-refractivity contribution in [3.05, 3.63) is 23.9 Å². The van der Waals surface area contributed by atoms with E-state index in [9.17, 15) is 0 Å². The summed E-state index contributed by atoms with van der Waals surface area (Å²) in [6.45, 7) is 5.85. The van der Waals surface area contributed by atoms with Crippen molar-refractivity contribution in [1.82, 2.24) is 4.98 Å². The highest BCUT2D eigenvalue weighted by Crippen LogP contribution is 2.06. The molecule has 0 saturated carbocycles. The van der Waals surface area contributed by atoms with Gasteiger partial charge in [0.25, 0.3) is 0 Å². The second-order valence-corrected chi connectivity index (χ2v) is 3.53. The topological polar surface area (TPSA) is 50.9 Å². The second kappa shape index (κ2) is 4.82. The van der Waals surface area contributed by atoms with E-state index in [4.69, 9.17) is 5.73 Å². The molecule has 1 rings (SSSR count). The number of rotatable bonds is 4. The summed E-state index contributed by atoms with van der Waals surface area (Å²) in [5.41, 5.74) is 6.63. The molecule has 1 aromatic rings.